The van der Waals surface area contributed by atoms with Crippen LogP contribution in [0.4, 0.5) is 5.69 Å². The number of aliphatic hydroxyl groups excluding tert-OH is 1. The average Bonchev–Trinajstić information content (AvgIpc) is 3.50. The highest BCUT2D eigenvalue weighted by molar-refractivity contribution is 6.46. The summed E-state index contributed by atoms with van der Waals surface area (Å²) in [7, 11) is 0. The molecule has 2 aromatic carbocycles. The number of aryl methyl sites for hydroxylation is 1. The van der Waals surface area contributed by atoms with Crippen LogP contribution in [-0.2, 0) is 16.1 Å². The molecule has 3 aromatic rings. The summed E-state index contributed by atoms with van der Waals surface area (Å²) in [6.45, 7) is 1.55. The van der Waals surface area contributed by atoms with Crippen LogP contribution in [0.2, 0.25) is 0 Å². The van der Waals surface area contributed by atoms with Gasteiger partial charge in [-0.05, 0) is 42.3 Å². The molecule has 2 aliphatic rings. The number of carbonyl (C=O) groups excluding carboxylic acids is 2. The summed E-state index contributed by atoms with van der Waals surface area (Å²) in [6.07, 6.45) is 5.63. The van der Waals surface area contributed by atoms with Crippen molar-refractivity contribution in [3.05, 3.63) is 88.0 Å². The summed E-state index contributed by atoms with van der Waals surface area (Å²) in [5.41, 5.74) is 0.555. The Kier molecular flexibility index (Phi) is 6.11. The fourth-order valence-electron chi connectivity index (χ4n) is 4.42. The van der Waals surface area contributed by atoms with Crippen molar-refractivity contribution in [1.29, 1.82) is 0 Å². The van der Waals surface area contributed by atoms with Crippen molar-refractivity contribution in [2.24, 2.45) is 0 Å². The second-order valence-electron chi connectivity index (χ2n) is 8.35. The first-order chi connectivity index (χ1) is 17.4. The van der Waals surface area contributed by atoms with E-state index in [1.54, 1.807) is 36.9 Å². The molecule has 184 valence electrons. The molecule has 2 aliphatic heterocycles. The maximum Gasteiger partial charge on any atom is 0.295 e. The second-order valence-corrected chi connectivity index (χ2v) is 8.35. The van der Waals surface area contributed by atoms with Gasteiger partial charge in [0.1, 0.15) is 19.0 Å². The van der Waals surface area contributed by atoms with Gasteiger partial charge < -0.3 is 24.0 Å². The molecule has 3 heterocycles. The van der Waals surface area contributed by atoms with Crippen molar-refractivity contribution in [2.75, 3.05) is 19.8 Å². The van der Waals surface area contributed by atoms with Gasteiger partial charge in [-0.1, -0.05) is 0 Å². The van der Waals surface area contributed by atoms with E-state index in [2.05, 4.69) is 4.98 Å². The lowest BCUT2D eigenvalue weighted by atomic mass is 9.95. The number of amides is 1. The van der Waals surface area contributed by atoms with E-state index >= 15 is 0 Å². The van der Waals surface area contributed by atoms with Gasteiger partial charge in [-0.15, -0.1) is 0 Å². The van der Waals surface area contributed by atoms with E-state index in [1.165, 1.54) is 29.2 Å². The fourth-order valence-corrected chi connectivity index (χ4v) is 4.42. The van der Waals surface area contributed by atoms with Crippen molar-refractivity contribution in [3.8, 4) is 11.5 Å². The number of Topliss-reactive ketones (excluding diaryl/α,β-unsaturated/α-hetero) is 1. The third-order valence-corrected chi connectivity index (χ3v) is 6.15. The number of carbonyl (C=O) groups is 2. The van der Waals surface area contributed by atoms with E-state index in [0.29, 0.717) is 48.8 Å². The van der Waals surface area contributed by atoms with Crippen molar-refractivity contribution in [3.63, 3.8) is 0 Å². The molecule has 0 aliphatic carbocycles. The van der Waals surface area contributed by atoms with Gasteiger partial charge in [-0.3, -0.25) is 19.7 Å². The van der Waals surface area contributed by atoms with Gasteiger partial charge in [0.25, 0.3) is 17.4 Å². The zero-order chi connectivity index (χ0) is 25.2. The third kappa shape index (κ3) is 4.26. The number of non-ortho nitro benzene ring substituents is 1. The number of fused-ring (bicyclic) bond motifs is 1. The maximum atomic E-state index is 13.2. The average molecular weight is 490 g/mol. The minimum atomic E-state index is -0.915. The molecular weight excluding hydrogens is 468 g/mol. The highest BCUT2D eigenvalue weighted by Crippen LogP contribution is 2.41. The Morgan fingerprint density at radius 2 is 1.83 bits per heavy atom. The zero-order valence-electron chi connectivity index (χ0n) is 19.1. The molecule has 1 saturated heterocycles. The normalized spacial score (nSPS) is 18.4. The molecule has 1 atom stereocenters. The van der Waals surface area contributed by atoms with Crippen LogP contribution in [0.15, 0.2) is 66.8 Å². The number of aromatic nitrogens is 2. The van der Waals surface area contributed by atoms with Crippen LogP contribution in [0.25, 0.3) is 5.76 Å². The maximum absolute atomic E-state index is 13.2. The summed E-state index contributed by atoms with van der Waals surface area (Å²) in [6, 6.07) is 9.47. The van der Waals surface area contributed by atoms with E-state index in [0.717, 1.165) is 0 Å². The fraction of sp³-hybridized carbons (Fsp3) is 0.240. The molecule has 0 bridgehead atoms. The van der Waals surface area contributed by atoms with E-state index in [-0.39, 0.29) is 23.6 Å². The lowest BCUT2D eigenvalue weighted by molar-refractivity contribution is -0.384. The van der Waals surface area contributed by atoms with Crippen LogP contribution in [-0.4, -0.2) is 55.9 Å². The number of nitro benzene ring substituents is 1. The standard InChI is InChI=1S/C25H22N4O7/c30-23(17-4-7-19-20(14-17)36-13-12-35-19)21-22(16-2-5-18(6-3-16)29(33)34)28(25(32)24(21)31)10-1-9-27-11-8-26-15-27/h2-8,11,14-15,22,30H,1,9-10,12-13H2/t22-/m0/s1. The minimum absolute atomic E-state index is 0.0897. The quantitative estimate of drug-likeness (QED) is 0.175. The number of ketones is 1. The highest BCUT2D eigenvalue weighted by atomic mass is 16.6. The molecule has 5 rings (SSSR count). The molecule has 1 N–H and O–H groups in total. The van der Waals surface area contributed by atoms with Gasteiger partial charge in [-0.25, -0.2) is 4.98 Å². The molecule has 1 fully saturated rings. The van der Waals surface area contributed by atoms with Crippen molar-refractivity contribution >= 4 is 23.1 Å². The van der Waals surface area contributed by atoms with Gasteiger partial charge in [0.2, 0.25) is 0 Å². The summed E-state index contributed by atoms with van der Waals surface area (Å²) in [5, 5.41) is 22.4. The molecule has 36 heavy (non-hydrogen) atoms. The van der Waals surface area contributed by atoms with E-state index in [4.69, 9.17) is 9.47 Å². The van der Waals surface area contributed by atoms with Gasteiger partial charge in [0.05, 0.1) is 22.9 Å². The van der Waals surface area contributed by atoms with Crippen LogP contribution in [0, 0.1) is 10.1 Å². The number of hydrogen-bond acceptors (Lipinski definition) is 8. The molecule has 11 heteroatoms. The van der Waals surface area contributed by atoms with Crippen LogP contribution in [0.3, 0.4) is 0 Å². The monoisotopic (exact) mass is 490 g/mol. The molecule has 1 aromatic heterocycles. The number of nitro groups is 1. The molecule has 0 radical (unpaired) electrons. The molecule has 11 nitrogen and oxygen atoms in total. The number of likely N-dealkylation sites (tertiary alicyclic amines) is 1. The number of hydrogen-bond donors (Lipinski definition) is 1. The SMILES string of the molecule is O=C1C(=O)N(CCCn2ccnc2)[C@@H](c2ccc([N+](=O)[O-])cc2)C1=C(O)c1ccc2c(c1)OCCO2. The van der Waals surface area contributed by atoms with Gasteiger partial charge in [0, 0.05) is 43.2 Å². The summed E-state index contributed by atoms with van der Waals surface area (Å²) in [4.78, 5) is 42.3. The lowest BCUT2D eigenvalue weighted by Gasteiger charge is -2.25. The summed E-state index contributed by atoms with van der Waals surface area (Å²) in [5.74, 6) is -0.987. The topological polar surface area (TPSA) is 137 Å². The van der Waals surface area contributed by atoms with Gasteiger partial charge in [-0.2, -0.15) is 0 Å². The summed E-state index contributed by atoms with van der Waals surface area (Å²) >= 11 is 0. The zero-order valence-corrected chi connectivity index (χ0v) is 19.1. The molecular formula is C25H22N4O7. The van der Waals surface area contributed by atoms with Crippen molar-refractivity contribution < 1.29 is 29.1 Å². The van der Waals surface area contributed by atoms with Crippen molar-refractivity contribution in [1.82, 2.24) is 14.5 Å². The van der Waals surface area contributed by atoms with E-state index < -0.39 is 22.7 Å². The Hall–Kier alpha value is -4.67. The highest BCUT2D eigenvalue weighted by Gasteiger charge is 2.46. The van der Waals surface area contributed by atoms with Crippen LogP contribution < -0.4 is 9.47 Å². The lowest BCUT2D eigenvalue weighted by Crippen LogP contribution is -2.31. The van der Waals surface area contributed by atoms with E-state index in [9.17, 15) is 24.8 Å². The first-order valence-electron chi connectivity index (χ1n) is 11.3. The second kappa shape index (κ2) is 9.53. The number of nitrogens with zero attached hydrogens (tertiary/aromatic N) is 4. The Bertz CT molecular complexity index is 1350. The number of aliphatic hydroxyl groups is 1. The number of benzene rings is 2. The summed E-state index contributed by atoms with van der Waals surface area (Å²) < 4.78 is 13.0. The molecule has 0 unspecified atom stereocenters. The molecule has 0 saturated carbocycles. The Balaban J connectivity index is 1.54. The molecule has 0 spiro atoms. The van der Waals surface area contributed by atoms with Gasteiger partial charge in [0.15, 0.2) is 11.5 Å². The largest absolute Gasteiger partial charge is 0.507 e. The van der Waals surface area contributed by atoms with Gasteiger partial charge >= 0.3 is 0 Å². The van der Waals surface area contributed by atoms with Crippen LogP contribution in [0.1, 0.15) is 23.6 Å². The number of rotatable bonds is 7. The van der Waals surface area contributed by atoms with Crippen LogP contribution >= 0.6 is 0 Å². The first-order valence-corrected chi connectivity index (χ1v) is 11.3. The Morgan fingerprint density at radius 3 is 2.53 bits per heavy atom. The number of ether oxygens (including phenoxy) is 2. The van der Waals surface area contributed by atoms with Crippen LogP contribution in [0.5, 0.6) is 11.5 Å². The van der Waals surface area contributed by atoms with E-state index in [1.807, 2.05) is 4.57 Å². The Morgan fingerprint density at radius 1 is 1.08 bits per heavy atom. The minimum Gasteiger partial charge on any atom is -0.507 e. The Labute approximate surface area is 205 Å². The van der Waals surface area contributed by atoms with Crippen molar-refractivity contribution in [2.45, 2.75) is 19.0 Å². The third-order valence-electron chi connectivity index (χ3n) is 6.15. The first kappa shape index (κ1) is 23.1. The number of imidazole rings is 1. The predicted molar refractivity (Wildman–Crippen MR) is 126 cm³/mol. The predicted octanol–water partition coefficient (Wildman–Crippen LogP) is 3.07. The molecule has 1 amide bonds. The smallest absolute Gasteiger partial charge is 0.295 e.